The van der Waals surface area contributed by atoms with Gasteiger partial charge in [-0.1, -0.05) is 48.8 Å². The Labute approximate surface area is 141 Å². The molecular weight excluding hydrogens is 296 g/mol. The molecule has 0 unspecified atom stereocenters. The molecule has 0 amide bonds. The molecule has 24 heavy (non-hydrogen) atoms. The summed E-state index contributed by atoms with van der Waals surface area (Å²) in [7, 11) is 0. The van der Waals surface area contributed by atoms with Crippen LogP contribution in [-0.2, 0) is 0 Å². The predicted octanol–water partition coefficient (Wildman–Crippen LogP) is 3.47. The molecule has 116 valence electrons. The molecule has 1 aromatic carbocycles. The van der Waals surface area contributed by atoms with E-state index in [0.717, 1.165) is 33.6 Å². The quantitative estimate of drug-likeness (QED) is 0.736. The van der Waals surface area contributed by atoms with E-state index in [1.54, 1.807) is 18.5 Å². The molecule has 0 aliphatic heterocycles. The van der Waals surface area contributed by atoms with Crippen molar-refractivity contribution in [1.82, 2.24) is 15.0 Å². The summed E-state index contributed by atoms with van der Waals surface area (Å²) in [6.45, 7) is 5.65. The topological polar surface area (TPSA) is 64.7 Å². The number of benzene rings is 1. The van der Waals surface area contributed by atoms with E-state index >= 15 is 0 Å². The summed E-state index contributed by atoms with van der Waals surface area (Å²) < 4.78 is 0. The predicted molar refractivity (Wildman–Crippen MR) is 96.9 cm³/mol. The molecule has 0 saturated heterocycles. The molecule has 2 aromatic heterocycles. The Morgan fingerprint density at radius 2 is 1.88 bits per heavy atom. The van der Waals surface area contributed by atoms with Gasteiger partial charge in [-0.3, -0.25) is 4.98 Å². The average Bonchev–Trinajstić information content (AvgIpc) is 2.61. The third-order valence-corrected chi connectivity index (χ3v) is 3.52. The molecule has 0 saturated carbocycles. The standard InChI is InChI=1S/C20H16N4/c1-3-15-6-9-17(10-7-15)19-18(14(2)23-20(21)24-19)11-8-16-5-4-12-22-13-16/h3-7,9-10,12-13H,1H2,2H3,(H2,21,23,24). The number of nitrogen functional groups attached to an aromatic ring is 1. The summed E-state index contributed by atoms with van der Waals surface area (Å²) in [5.74, 6) is 6.50. The van der Waals surface area contributed by atoms with Crippen molar-refractivity contribution in [1.29, 1.82) is 0 Å². The van der Waals surface area contributed by atoms with Gasteiger partial charge in [-0.15, -0.1) is 0 Å². The zero-order chi connectivity index (χ0) is 16.9. The van der Waals surface area contributed by atoms with E-state index in [1.807, 2.05) is 43.3 Å². The molecule has 0 fully saturated rings. The molecule has 0 spiro atoms. The van der Waals surface area contributed by atoms with Gasteiger partial charge in [0.05, 0.1) is 17.0 Å². The molecule has 4 nitrogen and oxygen atoms in total. The molecule has 2 N–H and O–H groups in total. The SMILES string of the molecule is C=Cc1ccc(-c2nc(N)nc(C)c2C#Cc2cccnc2)cc1. The number of anilines is 1. The lowest BCUT2D eigenvalue weighted by Gasteiger charge is -2.08. The van der Waals surface area contributed by atoms with Crippen molar-refractivity contribution in [3.63, 3.8) is 0 Å². The first kappa shape index (κ1) is 15.4. The van der Waals surface area contributed by atoms with E-state index in [1.165, 1.54) is 0 Å². The van der Waals surface area contributed by atoms with Crippen LogP contribution in [0.5, 0.6) is 0 Å². The van der Waals surface area contributed by atoms with Gasteiger partial charge in [0.25, 0.3) is 0 Å². The summed E-state index contributed by atoms with van der Waals surface area (Å²) in [4.78, 5) is 12.7. The third kappa shape index (κ3) is 3.31. The molecule has 0 bridgehead atoms. The minimum Gasteiger partial charge on any atom is -0.368 e. The lowest BCUT2D eigenvalue weighted by molar-refractivity contribution is 1.11. The Morgan fingerprint density at radius 1 is 1.08 bits per heavy atom. The number of nitrogens with two attached hydrogens (primary N) is 1. The van der Waals surface area contributed by atoms with Crippen molar-refractivity contribution < 1.29 is 0 Å². The van der Waals surface area contributed by atoms with Crippen molar-refractivity contribution in [3.8, 4) is 23.1 Å². The lowest BCUT2D eigenvalue weighted by atomic mass is 10.0. The van der Waals surface area contributed by atoms with Crippen LogP contribution in [0.25, 0.3) is 17.3 Å². The fourth-order valence-corrected chi connectivity index (χ4v) is 2.30. The van der Waals surface area contributed by atoms with Gasteiger partial charge in [-0.2, -0.15) is 0 Å². The van der Waals surface area contributed by atoms with E-state index in [4.69, 9.17) is 5.73 Å². The number of pyridine rings is 1. The number of rotatable bonds is 2. The van der Waals surface area contributed by atoms with Crippen molar-refractivity contribution in [3.05, 3.63) is 77.8 Å². The van der Waals surface area contributed by atoms with Gasteiger partial charge in [0, 0.05) is 23.5 Å². The fourth-order valence-electron chi connectivity index (χ4n) is 2.30. The van der Waals surface area contributed by atoms with E-state index < -0.39 is 0 Å². The van der Waals surface area contributed by atoms with Gasteiger partial charge in [0.1, 0.15) is 0 Å². The molecule has 0 atom stereocenters. The number of nitrogens with zero attached hydrogens (tertiary/aromatic N) is 3. The maximum absolute atomic E-state index is 5.83. The van der Waals surface area contributed by atoms with Crippen LogP contribution in [0.15, 0.2) is 55.4 Å². The van der Waals surface area contributed by atoms with Crippen LogP contribution in [-0.4, -0.2) is 15.0 Å². The van der Waals surface area contributed by atoms with Gasteiger partial charge in [0.15, 0.2) is 0 Å². The maximum Gasteiger partial charge on any atom is 0.220 e. The first-order valence-corrected chi connectivity index (χ1v) is 7.46. The van der Waals surface area contributed by atoms with Crippen LogP contribution in [0.3, 0.4) is 0 Å². The largest absolute Gasteiger partial charge is 0.368 e. The first-order valence-electron chi connectivity index (χ1n) is 7.46. The monoisotopic (exact) mass is 312 g/mol. The minimum atomic E-state index is 0.238. The Kier molecular flexibility index (Phi) is 4.35. The number of aromatic nitrogens is 3. The van der Waals surface area contributed by atoms with Gasteiger partial charge >= 0.3 is 0 Å². The van der Waals surface area contributed by atoms with Gasteiger partial charge in [-0.25, -0.2) is 9.97 Å². The normalized spacial score (nSPS) is 9.88. The molecule has 0 aliphatic rings. The smallest absolute Gasteiger partial charge is 0.220 e. The van der Waals surface area contributed by atoms with Crippen molar-refractivity contribution >= 4 is 12.0 Å². The van der Waals surface area contributed by atoms with Crippen LogP contribution in [0, 0.1) is 18.8 Å². The van der Waals surface area contributed by atoms with Crippen LogP contribution in [0.1, 0.15) is 22.4 Å². The van der Waals surface area contributed by atoms with Gasteiger partial charge < -0.3 is 5.73 Å². The molecule has 0 radical (unpaired) electrons. The third-order valence-electron chi connectivity index (χ3n) is 3.52. The summed E-state index contributed by atoms with van der Waals surface area (Å²) in [5.41, 5.74) is 10.9. The Morgan fingerprint density at radius 3 is 2.54 bits per heavy atom. The van der Waals surface area contributed by atoms with Crippen molar-refractivity contribution in [2.24, 2.45) is 0 Å². The van der Waals surface area contributed by atoms with E-state index in [9.17, 15) is 0 Å². The first-order chi connectivity index (χ1) is 11.7. The van der Waals surface area contributed by atoms with Crippen LogP contribution >= 0.6 is 0 Å². The zero-order valence-corrected chi connectivity index (χ0v) is 13.3. The number of aryl methyl sites for hydroxylation is 1. The highest BCUT2D eigenvalue weighted by atomic mass is 15.0. The highest BCUT2D eigenvalue weighted by Crippen LogP contribution is 2.24. The zero-order valence-electron chi connectivity index (χ0n) is 13.3. The molecule has 0 aliphatic carbocycles. The van der Waals surface area contributed by atoms with Crippen molar-refractivity contribution in [2.75, 3.05) is 5.73 Å². The Hall–Kier alpha value is -3.45. The fraction of sp³-hybridized carbons (Fsp3) is 0.0500. The van der Waals surface area contributed by atoms with Crippen LogP contribution < -0.4 is 5.73 Å². The van der Waals surface area contributed by atoms with Crippen LogP contribution in [0.2, 0.25) is 0 Å². The lowest BCUT2D eigenvalue weighted by Crippen LogP contribution is -2.02. The molecule has 3 aromatic rings. The van der Waals surface area contributed by atoms with E-state index in [0.29, 0.717) is 0 Å². The second-order valence-corrected chi connectivity index (χ2v) is 5.21. The van der Waals surface area contributed by atoms with Gasteiger partial charge in [0.2, 0.25) is 5.95 Å². The molecule has 3 rings (SSSR count). The second-order valence-electron chi connectivity index (χ2n) is 5.21. The maximum atomic E-state index is 5.83. The molecular formula is C20H16N4. The summed E-state index contributed by atoms with van der Waals surface area (Å²) in [5, 5.41) is 0. The van der Waals surface area contributed by atoms with Gasteiger partial charge in [-0.05, 0) is 24.6 Å². The Balaban J connectivity index is 2.12. The minimum absolute atomic E-state index is 0.238. The Bertz CT molecular complexity index is 933. The highest BCUT2D eigenvalue weighted by molar-refractivity contribution is 5.71. The summed E-state index contributed by atoms with van der Waals surface area (Å²) in [6, 6.07) is 11.7. The molecule has 2 heterocycles. The van der Waals surface area contributed by atoms with E-state index in [2.05, 4.69) is 33.4 Å². The number of hydrogen-bond acceptors (Lipinski definition) is 4. The molecule has 4 heteroatoms. The summed E-state index contributed by atoms with van der Waals surface area (Å²) >= 11 is 0. The van der Waals surface area contributed by atoms with Crippen molar-refractivity contribution in [2.45, 2.75) is 6.92 Å². The average molecular weight is 312 g/mol. The number of hydrogen-bond donors (Lipinski definition) is 1. The summed E-state index contributed by atoms with van der Waals surface area (Å²) in [6.07, 6.45) is 5.24. The highest BCUT2D eigenvalue weighted by Gasteiger charge is 2.11. The second kappa shape index (κ2) is 6.76. The van der Waals surface area contributed by atoms with Crippen LogP contribution in [0.4, 0.5) is 5.95 Å². The van der Waals surface area contributed by atoms with E-state index in [-0.39, 0.29) is 5.95 Å².